The molecule has 150 valence electrons. The van der Waals surface area contributed by atoms with E-state index in [2.05, 4.69) is 5.32 Å². The zero-order valence-electron chi connectivity index (χ0n) is 15.3. The van der Waals surface area contributed by atoms with E-state index in [1.807, 2.05) is 4.98 Å². The molecule has 2 heterocycles. The number of aromatic nitrogens is 1. The van der Waals surface area contributed by atoms with E-state index >= 15 is 0 Å². The van der Waals surface area contributed by atoms with Crippen molar-refractivity contribution >= 4 is 17.7 Å². The third-order valence-electron chi connectivity index (χ3n) is 3.92. The molecule has 1 fully saturated rings. The van der Waals surface area contributed by atoms with Crippen LogP contribution in [0.1, 0.15) is 45.6 Å². The Labute approximate surface area is 153 Å². The highest BCUT2D eigenvalue weighted by atomic mass is 19.4. The van der Waals surface area contributed by atoms with E-state index < -0.39 is 46.6 Å². The van der Waals surface area contributed by atoms with E-state index in [9.17, 15) is 27.6 Å². The highest BCUT2D eigenvalue weighted by Gasteiger charge is 2.36. The van der Waals surface area contributed by atoms with Crippen molar-refractivity contribution in [1.82, 2.24) is 9.88 Å². The van der Waals surface area contributed by atoms with Crippen molar-refractivity contribution in [2.24, 2.45) is 0 Å². The van der Waals surface area contributed by atoms with Crippen LogP contribution in [-0.4, -0.2) is 40.1 Å². The molecule has 1 atom stereocenters. The smallest absolute Gasteiger partial charge is 0.417 e. The van der Waals surface area contributed by atoms with Gasteiger partial charge in [0, 0.05) is 12.7 Å². The number of rotatable bonds is 2. The number of ether oxygens (including phenoxy) is 1. The fraction of sp³-hybridized carbons (Fsp3) is 0.588. The Morgan fingerprint density at radius 3 is 2.52 bits per heavy atom. The number of anilines is 1. The fourth-order valence-corrected chi connectivity index (χ4v) is 2.70. The Morgan fingerprint density at radius 2 is 1.93 bits per heavy atom. The van der Waals surface area contributed by atoms with E-state index in [0.717, 1.165) is 0 Å². The Bertz CT molecular complexity index is 768. The number of hydrogen-bond donors (Lipinski definition) is 2. The molecule has 2 rings (SSSR count). The van der Waals surface area contributed by atoms with Gasteiger partial charge in [0.1, 0.15) is 17.3 Å². The molecule has 7 nitrogen and oxygen atoms in total. The normalized spacial score (nSPS) is 18.1. The number of H-pyrrole nitrogens is 1. The van der Waals surface area contributed by atoms with Gasteiger partial charge in [-0.25, -0.2) is 4.79 Å². The fourth-order valence-electron chi connectivity index (χ4n) is 2.70. The molecule has 1 unspecified atom stereocenters. The predicted molar refractivity (Wildman–Crippen MR) is 91.3 cm³/mol. The van der Waals surface area contributed by atoms with Crippen molar-refractivity contribution in [2.45, 2.75) is 57.9 Å². The van der Waals surface area contributed by atoms with Crippen LogP contribution in [0.3, 0.4) is 0 Å². The maximum absolute atomic E-state index is 12.8. The molecule has 1 aromatic rings. The monoisotopic (exact) mass is 389 g/mol. The topological polar surface area (TPSA) is 91.5 Å². The summed E-state index contributed by atoms with van der Waals surface area (Å²) in [5.41, 5.74) is -3.24. The Kier molecular flexibility index (Phi) is 5.86. The molecule has 0 radical (unpaired) electrons. The molecule has 1 aliphatic rings. The molecule has 1 saturated heterocycles. The largest absolute Gasteiger partial charge is 0.444 e. The summed E-state index contributed by atoms with van der Waals surface area (Å²) in [5.74, 6) is -0.731. The van der Waals surface area contributed by atoms with E-state index in [0.29, 0.717) is 31.5 Å². The number of amides is 2. The summed E-state index contributed by atoms with van der Waals surface area (Å²) in [6.07, 6.45) is -3.16. The van der Waals surface area contributed by atoms with Crippen molar-refractivity contribution in [3.8, 4) is 0 Å². The minimum atomic E-state index is -4.67. The zero-order valence-corrected chi connectivity index (χ0v) is 15.3. The van der Waals surface area contributed by atoms with Gasteiger partial charge in [0.05, 0.1) is 5.56 Å². The predicted octanol–water partition coefficient (Wildman–Crippen LogP) is 3.12. The van der Waals surface area contributed by atoms with Gasteiger partial charge in [-0.3, -0.25) is 14.5 Å². The first-order valence-electron chi connectivity index (χ1n) is 8.49. The minimum absolute atomic E-state index is 0.284. The molecular formula is C17H22F3N3O4. The third kappa shape index (κ3) is 5.48. The molecule has 27 heavy (non-hydrogen) atoms. The first-order chi connectivity index (χ1) is 12.4. The van der Waals surface area contributed by atoms with Crippen molar-refractivity contribution in [3.05, 3.63) is 28.2 Å². The van der Waals surface area contributed by atoms with Crippen LogP contribution in [0.25, 0.3) is 0 Å². The molecule has 2 N–H and O–H groups in total. The molecular weight excluding hydrogens is 367 g/mol. The quantitative estimate of drug-likeness (QED) is 0.813. The molecule has 0 aliphatic carbocycles. The van der Waals surface area contributed by atoms with Crippen molar-refractivity contribution in [3.63, 3.8) is 0 Å². The maximum atomic E-state index is 12.8. The van der Waals surface area contributed by atoms with Gasteiger partial charge in [-0.15, -0.1) is 0 Å². The van der Waals surface area contributed by atoms with Crippen LogP contribution in [0, 0.1) is 0 Å². The van der Waals surface area contributed by atoms with Crippen LogP contribution in [0.15, 0.2) is 17.1 Å². The van der Waals surface area contributed by atoms with E-state index in [-0.39, 0.29) is 6.54 Å². The number of hydrogen-bond acceptors (Lipinski definition) is 4. The summed E-state index contributed by atoms with van der Waals surface area (Å²) in [6.45, 7) is 5.34. The molecule has 2 amide bonds. The van der Waals surface area contributed by atoms with Crippen molar-refractivity contribution in [2.75, 3.05) is 11.9 Å². The molecule has 10 heteroatoms. The SMILES string of the molecule is CC(C)(C)OC(=O)N1CCCCC1C(=O)Nc1cc(C(F)(F)F)c[nH]c1=O. The number of carbonyl (C=O) groups excluding carboxylic acids is 2. The molecule has 1 aromatic heterocycles. The zero-order chi connectivity index (χ0) is 20.4. The van der Waals surface area contributed by atoms with Gasteiger partial charge in [-0.1, -0.05) is 0 Å². The molecule has 0 aromatic carbocycles. The molecule has 0 spiro atoms. The van der Waals surface area contributed by atoms with Crippen LogP contribution in [0.2, 0.25) is 0 Å². The van der Waals surface area contributed by atoms with E-state index in [1.54, 1.807) is 20.8 Å². The second kappa shape index (κ2) is 7.61. The average Bonchev–Trinajstić information content (AvgIpc) is 2.54. The lowest BCUT2D eigenvalue weighted by Gasteiger charge is -2.35. The van der Waals surface area contributed by atoms with E-state index in [1.165, 1.54) is 4.90 Å². The van der Waals surface area contributed by atoms with Gasteiger partial charge < -0.3 is 15.0 Å². The number of halogens is 3. The Morgan fingerprint density at radius 1 is 1.26 bits per heavy atom. The lowest BCUT2D eigenvalue weighted by Crippen LogP contribution is -2.51. The lowest BCUT2D eigenvalue weighted by atomic mass is 10.0. The first kappa shape index (κ1) is 20.8. The van der Waals surface area contributed by atoms with Crippen LogP contribution >= 0.6 is 0 Å². The lowest BCUT2D eigenvalue weighted by molar-refractivity contribution is -0.137. The number of aromatic amines is 1. The summed E-state index contributed by atoms with van der Waals surface area (Å²) in [4.78, 5) is 39.9. The number of nitrogens with zero attached hydrogens (tertiary/aromatic N) is 1. The second-order valence-corrected chi connectivity index (χ2v) is 7.30. The number of pyridine rings is 1. The summed E-state index contributed by atoms with van der Waals surface area (Å²) >= 11 is 0. The Hall–Kier alpha value is -2.52. The molecule has 0 bridgehead atoms. The van der Waals surface area contributed by atoms with Crippen LogP contribution in [0.4, 0.5) is 23.7 Å². The standard InChI is InChI=1S/C17H22F3N3O4/c1-16(2,3)27-15(26)23-7-5-4-6-12(23)14(25)22-11-8-10(17(18,19)20)9-21-13(11)24/h8-9,12H,4-7H2,1-3H3,(H,21,24)(H,22,25). The Balaban J connectivity index is 2.20. The number of nitrogens with one attached hydrogen (secondary N) is 2. The van der Waals surface area contributed by atoms with Crippen LogP contribution < -0.4 is 10.9 Å². The highest BCUT2D eigenvalue weighted by Crippen LogP contribution is 2.29. The van der Waals surface area contributed by atoms with Crippen LogP contribution in [-0.2, 0) is 15.7 Å². The van der Waals surface area contributed by atoms with Crippen molar-refractivity contribution < 1.29 is 27.5 Å². The van der Waals surface area contributed by atoms with Gasteiger partial charge in [0.2, 0.25) is 5.91 Å². The van der Waals surface area contributed by atoms with E-state index in [4.69, 9.17) is 4.74 Å². The number of likely N-dealkylation sites (tertiary alicyclic amines) is 1. The summed E-state index contributed by atoms with van der Waals surface area (Å²) in [6, 6.07) is -0.361. The molecule has 1 aliphatic heterocycles. The summed E-state index contributed by atoms with van der Waals surface area (Å²) in [7, 11) is 0. The number of carbonyl (C=O) groups is 2. The minimum Gasteiger partial charge on any atom is -0.444 e. The highest BCUT2D eigenvalue weighted by molar-refractivity contribution is 5.96. The average molecular weight is 389 g/mol. The second-order valence-electron chi connectivity index (χ2n) is 7.30. The summed E-state index contributed by atoms with van der Waals surface area (Å²) in [5, 5.41) is 2.21. The van der Waals surface area contributed by atoms with Crippen LogP contribution in [0.5, 0.6) is 0 Å². The number of piperidine rings is 1. The van der Waals surface area contributed by atoms with Gasteiger partial charge in [-0.05, 0) is 46.1 Å². The van der Waals surface area contributed by atoms with Gasteiger partial charge in [0.15, 0.2) is 0 Å². The maximum Gasteiger partial charge on any atom is 0.417 e. The number of alkyl halides is 3. The van der Waals surface area contributed by atoms with Crippen molar-refractivity contribution in [1.29, 1.82) is 0 Å². The van der Waals surface area contributed by atoms with Gasteiger partial charge in [0.25, 0.3) is 5.56 Å². The summed E-state index contributed by atoms with van der Waals surface area (Å²) < 4.78 is 43.7. The third-order valence-corrected chi connectivity index (χ3v) is 3.92. The van der Waals surface area contributed by atoms with Gasteiger partial charge >= 0.3 is 12.3 Å². The van der Waals surface area contributed by atoms with Gasteiger partial charge in [-0.2, -0.15) is 13.2 Å². The first-order valence-corrected chi connectivity index (χ1v) is 8.49. The molecule has 0 saturated carbocycles.